The van der Waals surface area contributed by atoms with Gasteiger partial charge in [0.15, 0.2) is 5.17 Å². The summed E-state index contributed by atoms with van der Waals surface area (Å²) in [7, 11) is 0. The van der Waals surface area contributed by atoms with Crippen LogP contribution < -0.4 is 10.6 Å². The quantitative estimate of drug-likeness (QED) is 0.365. The number of thioether (sulfide) groups is 1. The molecular formula is C19H18N4O3S. The second-order valence-electron chi connectivity index (χ2n) is 5.91. The van der Waals surface area contributed by atoms with Crippen LogP contribution in [0.25, 0.3) is 0 Å². The van der Waals surface area contributed by atoms with E-state index in [9.17, 15) is 14.7 Å². The predicted molar refractivity (Wildman–Crippen MR) is 107 cm³/mol. The molecule has 2 aromatic carbocycles. The molecule has 1 atom stereocenters. The summed E-state index contributed by atoms with van der Waals surface area (Å²) in [6.45, 7) is 1.85. The number of aryl methyl sites for hydroxylation is 1. The standard InChI is InChI=1S/C19H18N4O3S/c1-12-6-2-4-8-14(12)23-17(25)10-16(18(23)26)27-19(20)22-21-11-13-7-3-5-9-15(13)24/h2-9,11,16,24H,10H2,1H3,(H2,20,22)/b21-11+/t16-/m0/s1. The molecule has 0 saturated carbocycles. The fraction of sp³-hybridized carbons (Fsp3) is 0.158. The van der Waals surface area contributed by atoms with Crippen molar-refractivity contribution < 1.29 is 14.7 Å². The molecule has 7 nitrogen and oxygen atoms in total. The predicted octanol–water partition coefficient (Wildman–Crippen LogP) is 2.41. The van der Waals surface area contributed by atoms with E-state index >= 15 is 0 Å². The number of amidine groups is 1. The van der Waals surface area contributed by atoms with Crippen LogP contribution >= 0.6 is 11.8 Å². The number of amides is 2. The number of phenols is 1. The van der Waals surface area contributed by atoms with Crippen LogP contribution in [0.5, 0.6) is 5.75 Å². The average molecular weight is 382 g/mol. The van der Waals surface area contributed by atoms with E-state index in [0.29, 0.717) is 11.3 Å². The highest BCUT2D eigenvalue weighted by molar-refractivity contribution is 8.14. The van der Waals surface area contributed by atoms with Crippen molar-refractivity contribution >= 4 is 40.6 Å². The number of para-hydroxylation sites is 2. The van der Waals surface area contributed by atoms with Crippen molar-refractivity contribution in [2.24, 2.45) is 15.9 Å². The van der Waals surface area contributed by atoms with Crippen LogP contribution in [0.1, 0.15) is 17.5 Å². The van der Waals surface area contributed by atoms with Crippen molar-refractivity contribution in [1.82, 2.24) is 0 Å². The second kappa shape index (κ2) is 8.05. The third-order valence-electron chi connectivity index (χ3n) is 4.01. The lowest BCUT2D eigenvalue weighted by Crippen LogP contribution is -2.32. The van der Waals surface area contributed by atoms with Gasteiger partial charge in [-0.15, -0.1) is 5.10 Å². The normalized spacial score (nSPS) is 17.9. The SMILES string of the molecule is Cc1ccccc1N1C(=O)C[C@H](SC(N)=N/N=C/c2ccccc2O)C1=O. The molecule has 3 N–H and O–H groups in total. The summed E-state index contributed by atoms with van der Waals surface area (Å²) in [5.41, 5.74) is 7.76. The van der Waals surface area contributed by atoms with E-state index in [1.807, 2.05) is 19.1 Å². The van der Waals surface area contributed by atoms with Gasteiger partial charge >= 0.3 is 0 Å². The Balaban J connectivity index is 1.69. The molecule has 1 fully saturated rings. The number of nitrogens with zero attached hydrogens (tertiary/aromatic N) is 3. The van der Waals surface area contributed by atoms with Crippen LogP contribution in [0.4, 0.5) is 5.69 Å². The molecule has 2 aromatic rings. The van der Waals surface area contributed by atoms with Crippen LogP contribution in [0.2, 0.25) is 0 Å². The summed E-state index contributed by atoms with van der Waals surface area (Å²) in [5.74, 6) is -0.507. The summed E-state index contributed by atoms with van der Waals surface area (Å²) in [6.07, 6.45) is 1.42. The van der Waals surface area contributed by atoms with E-state index in [1.165, 1.54) is 17.2 Å². The Bertz CT molecular complexity index is 942. The summed E-state index contributed by atoms with van der Waals surface area (Å²) >= 11 is 1.00. The van der Waals surface area contributed by atoms with Crippen molar-refractivity contribution in [2.45, 2.75) is 18.6 Å². The fourth-order valence-electron chi connectivity index (χ4n) is 2.68. The molecule has 1 heterocycles. The number of phenolic OH excluding ortho intramolecular Hbond substituents is 1. The largest absolute Gasteiger partial charge is 0.507 e. The van der Waals surface area contributed by atoms with Gasteiger partial charge in [0.1, 0.15) is 11.0 Å². The summed E-state index contributed by atoms with van der Waals surface area (Å²) in [6, 6.07) is 13.9. The number of anilines is 1. The number of hydrogen-bond acceptors (Lipinski definition) is 6. The summed E-state index contributed by atoms with van der Waals surface area (Å²) in [5, 5.41) is 16.8. The number of hydrogen-bond donors (Lipinski definition) is 2. The highest BCUT2D eigenvalue weighted by atomic mass is 32.2. The smallest absolute Gasteiger partial charge is 0.247 e. The maximum atomic E-state index is 12.6. The third-order valence-corrected chi connectivity index (χ3v) is 4.99. The van der Waals surface area contributed by atoms with Crippen LogP contribution in [0, 0.1) is 6.92 Å². The van der Waals surface area contributed by atoms with Gasteiger partial charge in [-0.2, -0.15) is 5.10 Å². The minimum absolute atomic E-state index is 0.0528. The molecule has 0 aromatic heterocycles. The Morgan fingerprint density at radius 1 is 1.22 bits per heavy atom. The zero-order chi connectivity index (χ0) is 19.4. The van der Waals surface area contributed by atoms with Gasteiger partial charge in [0.2, 0.25) is 11.8 Å². The topological polar surface area (TPSA) is 108 Å². The van der Waals surface area contributed by atoms with Crippen LogP contribution in [0.15, 0.2) is 58.7 Å². The zero-order valence-electron chi connectivity index (χ0n) is 14.6. The Labute approximate surface area is 160 Å². The molecule has 1 aliphatic heterocycles. The van der Waals surface area contributed by atoms with Gasteiger partial charge in [0.05, 0.1) is 11.9 Å². The van der Waals surface area contributed by atoms with Crippen LogP contribution in [-0.2, 0) is 9.59 Å². The van der Waals surface area contributed by atoms with Crippen molar-refractivity contribution in [3.8, 4) is 5.75 Å². The molecule has 138 valence electrons. The van der Waals surface area contributed by atoms with Crippen molar-refractivity contribution in [2.75, 3.05) is 4.90 Å². The first-order chi connectivity index (χ1) is 13.0. The van der Waals surface area contributed by atoms with E-state index < -0.39 is 5.25 Å². The van der Waals surface area contributed by atoms with Crippen LogP contribution in [-0.4, -0.2) is 33.6 Å². The number of carbonyl (C=O) groups excluding carboxylic acids is 2. The highest BCUT2D eigenvalue weighted by Gasteiger charge is 2.41. The zero-order valence-corrected chi connectivity index (χ0v) is 15.4. The third kappa shape index (κ3) is 4.17. The summed E-state index contributed by atoms with van der Waals surface area (Å²) in [4.78, 5) is 26.2. The van der Waals surface area contributed by atoms with Gasteiger partial charge in [0.25, 0.3) is 0 Å². The molecule has 3 rings (SSSR count). The summed E-state index contributed by atoms with van der Waals surface area (Å²) < 4.78 is 0. The Morgan fingerprint density at radius 2 is 1.93 bits per heavy atom. The van der Waals surface area contributed by atoms with Crippen molar-refractivity contribution in [3.63, 3.8) is 0 Å². The molecule has 0 aliphatic carbocycles. The van der Waals surface area contributed by atoms with E-state index in [4.69, 9.17) is 5.73 Å². The minimum atomic E-state index is -0.638. The van der Waals surface area contributed by atoms with E-state index in [2.05, 4.69) is 10.2 Å². The molecule has 1 saturated heterocycles. The fourth-order valence-corrected chi connectivity index (χ4v) is 3.50. The lowest BCUT2D eigenvalue weighted by Gasteiger charge is -2.16. The monoisotopic (exact) mass is 382 g/mol. The van der Waals surface area contributed by atoms with E-state index in [1.54, 1.807) is 30.3 Å². The first kappa shape index (κ1) is 18.7. The van der Waals surface area contributed by atoms with Crippen molar-refractivity contribution in [3.05, 3.63) is 59.7 Å². The number of rotatable bonds is 4. The maximum absolute atomic E-state index is 12.6. The molecule has 0 radical (unpaired) electrons. The van der Waals surface area contributed by atoms with Gasteiger partial charge in [0, 0.05) is 12.0 Å². The number of imide groups is 1. The number of carbonyl (C=O) groups is 2. The van der Waals surface area contributed by atoms with Gasteiger partial charge in [-0.05, 0) is 30.7 Å². The first-order valence-electron chi connectivity index (χ1n) is 8.21. The van der Waals surface area contributed by atoms with Gasteiger partial charge in [-0.1, -0.05) is 42.1 Å². The second-order valence-corrected chi connectivity index (χ2v) is 7.13. The minimum Gasteiger partial charge on any atom is -0.507 e. The number of nitrogens with two attached hydrogens (primary N) is 1. The molecule has 0 unspecified atom stereocenters. The molecule has 8 heteroatoms. The van der Waals surface area contributed by atoms with Crippen LogP contribution in [0.3, 0.4) is 0 Å². The first-order valence-corrected chi connectivity index (χ1v) is 9.09. The highest BCUT2D eigenvalue weighted by Crippen LogP contribution is 2.31. The van der Waals surface area contributed by atoms with Crippen molar-refractivity contribution in [1.29, 1.82) is 0 Å². The maximum Gasteiger partial charge on any atom is 0.247 e. The molecule has 27 heavy (non-hydrogen) atoms. The number of benzene rings is 2. The molecule has 0 bridgehead atoms. The van der Waals surface area contributed by atoms with Gasteiger partial charge in [-0.3, -0.25) is 9.59 Å². The Hall–Kier alpha value is -3.13. The Morgan fingerprint density at radius 3 is 2.67 bits per heavy atom. The molecule has 0 spiro atoms. The Kier molecular flexibility index (Phi) is 5.56. The lowest BCUT2D eigenvalue weighted by molar-refractivity contribution is -0.121. The van der Waals surface area contributed by atoms with Gasteiger partial charge in [-0.25, -0.2) is 4.90 Å². The molecular weight excluding hydrogens is 364 g/mol. The van der Waals surface area contributed by atoms with E-state index in [-0.39, 0.29) is 29.2 Å². The molecule has 2 amide bonds. The van der Waals surface area contributed by atoms with Gasteiger partial charge < -0.3 is 10.8 Å². The number of aromatic hydroxyl groups is 1. The average Bonchev–Trinajstić information content (AvgIpc) is 2.91. The van der Waals surface area contributed by atoms with E-state index in [0.717, 1.165) is 17.3 Å². The lowest BCUT2D eigenvalue weighted by atomic mass is 10.2. The molecule has 1 aliphatic rings.